The summed E-state index contributed by atoms with van der Waals surface area (Å²) >= 11 is 1.75. The molecule has 140 valence electrons. The van der Waals surface area contributed by atoms with E-state index in [-0.39, 0.29) is 0 Å². The maximum atomic E-state index is 5.49. The fourth-order valence-corrected chi connectivity index (χ4v) is 4.52. The molecule has 3 heterocycles. The summed E-state index contributed by atoms with van der Waals surface area (Å²) in [6, 6.07) is 0.506. The molecule has 1 unspecified atom stereocenters. The summed E-state index contributed by atoms with van der Waals surface area (Å²) in [6.07, 6.45) is 3.57. The van der Waals surface area contributed by atoms with E-state index in [9.17, 15) is 0 Å². The van der Waals surface area contributed by atoms with E-state index in [4.69, 9.17) is 4.74 Å². The van der Waals surface area contributed by atoms with Gasteiger partial charge in [0.05, 0.1) is 23.9 Å². The average Bonchev–Trinajstić information content (AvgIpc) is 3.22. The Morgan fingerprint density at radius 2 is 2.12 bits per heavy atom. The van der Waals surface area contributed by atoms with Crippen LogP contribution in [0.15, 0.2) is 4.99 Å². The van der Waals surface area contributed by atoms with Gasteiger partial charge in [0.1, 0.15) is 0 Å². The molecule has 0 amide bonds. The van der Waals surface area contributed by atoms with Crippen LogP contribution < -0.4 is 10.6 Å². The third-order valence-corrected chi connectivity index (χ3v) is 6.18. The van der Waals surface area contributed by atoms with Gasteiger partial charge in [-0.1, -0.05) is 0 Å². The van der Waals surface area contributed by atoms with E-state index in [1.807, 2.05) is 7.05 Å². The molecule has 7 heteroatoms. The van der Waals surface area contributed by atoms with Crippen molar-refractivity contribution in [3.05, 3.63) is 15.6 Å². The standard InChI is InChI=1S/C18H31N5OS/c1-13-17(25-14(2)21-13)10-20-18(19-3)22-16-4-7-23(8-5-16)11-15-6-9-24-12-15/h15-16H,4-12H2,1-3H3,(H2,19,20,22). The Kier molecular flexibility index (Phi) is 6.67. The van der Waals surface area contributed by atoms with Crippen molar-refractivity contribution >= 4 is 17.3 Å². The van der Waals surface area contributed by atoms with Crippen LogP contribution in [0.4, 0.5) is 0 Å². The first-order valence-electron chi connectivity index (χ1n) is 9.34. The monoisotopic (exact) mass is 365 g/mol. The fourth-order valence-electron chi connectivity index (χ4n) is 3.64. The minimum absolute atomic E-state index is 0.506. The molecule has 1 aromatic heterocycles. The van der Waals surface area contributed by atoms with Gasteiger partial charge in [0.15, 0.2) is 5.96 Å². The summed E-state index contributed by atoms with van der Waals surface area (Å²) in [5.74, 6) is 1.64. The largest absolute Gasteiger partial charge is 0.381 e. The van der Waals surface area contributed by atoms with Gasteiger partial charge in [-0.25, -0.2) is 4.98 Å². The van der Waals surface area contributed by atoms with Gasteiger partial charge in [0.2, 0.25) is 0 Å². The molecule has 0 aromatic carbocycles. The van der Waals surface area contributed by atoms with Crippen LogP contribution in [0.25, 0.3) is 0 Å². The smallest absolute Gasteiger partial charge is 0.191 e. The predicted molar refractivity (Wildman–Crippen MR) is 103 cm³/mol. The maximum Gasteiger partial charge on any atom is 0.191 e. The molecule has 1 aromatic rings. The van der Waals surface area contributed by atoms with Crippen LogP contribution in [-0.4, -0.2) is 61.8 Å². The highest BCUT2D eigenvalue weighted by Crippen LogP contribution is 2.18. The molecule has 25 heavy (non-hydrogen) atoms. The number of nitrogens with zero attached hydrogens (tertiary/aromatic N) is 3. The van der Waals surface area contributed by atoms with E-state index in [2.05, 4.69) is 39.4 Å². The van der Waals surface area contributed by atoms with Crippen molar-refractivity contribution in [3.63, 3.8) is 0 Å². The van der Waals surface area contributed by atoms with Gasteiger partial charge in [-0.15, -0.1) is 11.3 Å². The molecule has 0 radical (unpaired) electrons. The lowest BCUT2D eigenvalue weighted by molar-refractivity contribution is 0.150. The lowest BCUT2D eigenvalue weighted by Crippen LogP contribution is -2.49. The normalized spacial score (nSPS) is 23.2. The zero-order valence-corrected chi connectivity index (χ0v) is 16.5. The van der Waals surface area contributed by atoms with Gasteiger partial charge in [-0.3, -0.25) is 4.99 Å². The predicted octanol–water partition coefficient (Wildman–Crippen LogP) is 1.93. The summed E-state index contributed by atoms with van der Waals surface area (Å²) in [5.41, 5.74) is 1.12. The first kappa shape index (κ1) is 18.6. The van der Waals surface area contributed by atoms with E-state index in [1.165, 1.54) is 30.7 Å². The number of guanidine groups is 1. The molecule has 3 rings (SSSR count). The second kappa shape index (κ2) is 8.96. The van der Waals surface area contributed by atoms with E-state index in [0.29, 0.717) is 6.04 Å². The van der Waals surface area contributed by atoms with Gasteiger partial charge in [-0.2, -0.15) is 0 Å². The zero-order valence-electron chi connectivity index (χ0n) is 15.7. The van der Waals surface area contributed by atoms with Crippen LogP contribution in [0, 0.1) is 19.8 Å². The van der Waals surface area contributed by atoms with Crippen molar-refractivity contribution in [2.75, 3.05) is 39.9 Å². The van der Waals surface area contributed by atoms with Gasteiger partial charge in [-0.05, 0) is 39.0 Å². The van der Waals surface area contributed by atoms with Crippen molar-refractivity contribution < 1.29 is 4.74 Å². The quantitative estimate of drug-likeness (QED) is 0.617. The number of aryl methyl sites for hydroxylation is 2. The number of likely N-dealkylation sites (tertiary alicyclic amines) is 1. The summed E-state index contributed by atoms with van der Waals surface area (Å²) in [4.78, 5) is 12.7. The minimum Gasteiger partial charge on any atom is -0.381 e. The second-order valence-corrected chi connectivity index (χ2v) is 8.40. The van der Waals surface area contributed by atoms with Crippen LogP contribution in [0.5, 0.6) is 0 Å². The Morgan fingerprint density at radius 3 is 2.72 bits per heavy atom. The highest BCUT2D eigenvalue weighted by Gasteiger charge is 2.24. The number of ether oxygens (including phenoxy) is 1. The molecule has 2 aliphatic rings. The first-order chi connectivity index (χ1) is 12.1. The van der Waals surface area contributed by atoms with E-state index in [1.54, 1.807) is 11.3 Å². The highest BCUT2D eigenvalue weighted by atomic mass is 32.1. The Labute approximate surface area is 155 Å². The number of aliphatic imine (C=N–C) groups is 1. The average molecular weight is 366 g/mol. The molecule has 2 saturated heterocycles. The molecule has 2 fully saturated rings. The van der Waals surface area contributed by atoms with Gasteiger partial charge < -0.3 is 20.3 Å². The molecule has 2 aliphatic heterocycles. The highest BCUT2D eigenvalue weighted by molar-refractivity contribution is 7.11. The van der Waals surface area contributed by atoms with E-state index >= 15 is 0 Å². The van der Waals surface area contributed by atoms with Crippen molar-refractivity contribution in [1.29, 1.82) is 0 Å². The summed E-state index contributed by atoms with van der Waals surface area (Å²) in [7, 11) is 1.84. The van der Waals surface area contributed by atoms with Crippen LogP contribution in [0.3, 0.4) is 0 Å². The molecule has 6 nitrogen and oxygen atoms in total. The Balaban J connectivity index is 1.39. The number of hydrogen-bond acceptors (Lipinski definition) is 5. The first-order valence-corrected chi connectivity index (χ1v) is 10.2. The Bertz CT molecular complexity index is 574. The van der Waals surface area contributed by atoms with Crippen LogP contribution in [0.2, 0.25) is 0 Å². The number of nitrogens with one attached hydrogen (secondary N) is 2. The second-order valence-electron chi connectivity index (χ2n) is 7.12. The van der Waals surface area contributed by atoms with Crippen LogP contribution in [0.1, 0.15) is 34.8 Å². The minimum atomic E-state index is 0.506. The number of thiazole rings is 1. The molecule has 0 spiro atoms. The number of aromatic nitrogens is 1. The molecular formula is C18H31N5OS. The van der Waals surface area contributed by atoms with Crippen molar-refractivity contribution in [2.45, 2.75) is 45.7 Å². The van der Waals surface area contributed by atoms with E-state index < -0.39 is 0 Å². The molecule has 0 bridgehead atoms. The number of hydrogen-bond donors (Lipinski definition) is 2. The van der Waals surface area contributed by atoms with Crippen LogP contribution in [-0.2, 0) is 11.3 Å². The lowest BCUT2D eigenvalue weighted by Gasteiger charge is -2.34. The Hall–Kier alpha value is -1.18. The molecule has 0 saturated carbocycles. The molecule has 0 aliphatic carbocycles. The van der Waals surface area contributed by atoms with Crippen molar-refractivity contribution in [3.8, 4) is 0 Å². The summed E-state index contributed by atoms with van der Waals surface area (Å²) in [6.45, 7) is 10.3. The molecule has 2 N–H and O–H groups in total. The fraction of sp³-hybridized carbons (Fsp3) is 0.778. The Morgan fingerprint density at radius 1 is 1.32 bits per heavy atom. The third kappa shape index (κ3) is 5.39. The van der Waals surface area contributed by atoms with Gasteiger partial charge in [0, 0.05) is 44.2 Å². The zero-order chi connectivity index (χ0) is 17.6. The summed E-state index contributed by atoms with van der Waals surface area (Å²) in [5, 5.41) is 8.15. The van der Waals surface area contributed by atoms with Crippen molar-refractivity contribution in [2.24, 2.45) is 10.9 Å². The molecular weight excluding hydrogens is 334 g/mol. The maximum absolute atomic E-state index is 5.49. The number of rotatable bonds is 5. The summed E-state index contributed by atoms with van der Waals surface area (Å²) < 4.78 is 5.49. The molecule has 1 atom stereocenters. The van der Waals surface area contributed by atoms with Gasteiger partial charge >= 0.3 is 0 Å². The lowest BCUT2D eigenvalue weighted by atomic mass is 10.0. The van der Waals surface area contributed by atoms with Crippen molar-refractivity contribution in [1.82, 2.24) is 20.5 Å². The van der Waals surface area contributed by atoms with Crippen LogP contribution >= 0.6 is 11.3 Å². The SMILES string of the molecule is CN=C(NCc1sc(C)nc1C)NC1CCN(CC2CCOC2)CC1. The van der Waals surface area contributed by atoms with E-state index in [0.717, 1.165) is 55.4 Å². The topological polar surface area (TPSA) is 61.8 Å². The third-order valence-electron chi connectivity index (χ3n) is 5.11. The van der Waals surface area contributed by atoms with Gasteiger partial charge in [0.25, 0.3) is 0 Å². The number of piperidine rings is 1.